The third-order valence-electron chi connectivity index (χ3n) is 5.41. The number of para-hydroxylation sites is 1. The van der Waals surface area contributed by atoms with Gasteiger partial charge in [0, 0.05) is 23.4 Å². The lowest BCUT2D eigenvalue weighted by molar-refractivity contribution is 0.397. The number of benzene rings is 1. The molecule has 0 spiro atoms. The van der Waals surface area contributed by atoms with Crippen LogP contribution in [0.4, 0.5) is 5.69 Å². The van der Waals surface area contributed by atoms with Gasteiger partial charge in [-0.25, -0.2) is 4.79 Å². The molecule has 28 heavy (non-hydrogen) atoms. The summed E-state index contributed by atoms with van der Waals surface area (Å²) in [6.07, 6.45) is 8.99. The summed E-state index contributed by atoms with van der Waals surface area (Å²) in [7, 11) is 0. The molecule has 1 aliphatic heterocycles. The van der Waals surface area contributed by atoms with E-state index in [1.54, 1.807) is 6.08 Å². The van der Waals surface area contributed by atoms with Crippen molar-refractivity contribution in [1.29, 1.82) is 0 Å². The van der Waals surface area contributed by atoms with Crippen LogP contribution in [0.25, 0.3) is 11.6 Å². The van der Waals surface area contributed by atoms with E-state index < -0.39 is 11.2 Å². The van der Waals surface area contributed by atoms with Crippen molar-refractivity contribution >= 4 is 23.0 Å². The van der Waals surface area contributed by atoms with Crippen LogP contribution in [0, 0.1) is 0 Å². The zero-order valence-electron chi connectivity index (χ0n) is 15.9. The number of nitrogens with one attached hydrogen (secondary N) is 1. The Morgan fingerprint density at radius 2 is 2.07 bits per heavy atom. The van der Waals surface area contributed by atoms with Crippen molar-refractivity contribution in [3.05, 3.63) is 67.9 Å². The summed E-state index contributed by atoms with van der Waals surface area (Å²) >= 11 is 0. The molecular weight excluding hydrogens is 354 g/mol. The SMILES string of the molecule is CC1=Nc2ccccc2/C1=C\c1c(O)n(CCC2=CCCCC2)c(=O)[nH]c1=O. The fourth-order valence-electron chi connectivity index (χ4n) is 3.86. The van der Waals surface area contributed by atoms with E-state index in [0.717, 1.165) is 41.8 Å². The van der Waals surface area contributed by atoms with Crippen LogP contribution in [-0.4, -0.2) is 20.4 Å². The van der Waals surface area contributed by atoms with Gasteiger partial charge in [-0.1, -0.05) is 29.8 Å². The summed E-state index contributed by atoms with van der Waals surface area (Å²) in [5, 5.41) is 10.7. The smallest absolute Gasteiger partial charge is 0.331 e. The number of H-pyrrole nitrogens is 1. The highest BCUT2D eigenvalue weighted by atomic mass is 16.3. The molecule has 0 saturated heterocycles. The van der Waals surface area contributed by atoms with Crippen molar-refractivity contribution in [1.82, 2.24) is 9.55 Å². The van der Waals surface area contributed by atoms with Crippen molar-refractivity contribution < 1.29 is 5.11 Å². The molecule has 0 radical (unpaired) electrons. The molecule has 1 aromatic heterocycles. The van der Waals surface area contributed by atoms with Gasteiger partial charge in [-0.15, -0.1) is 0 Å². The number of fused-ring (bicyclic) bond motifs is 1. The molecule has 144 valence electrons. The summed E-state index contributed by atoms with van der Waals surface area (Å²) < 4.78 is 1.25. The minimum absolute atomic E-state index is 0.0819. The van der Waals surface area contributed by atoms with Crippen molar-refractivity contribution in [2.24, 2.45) is 4.99 Å². The van der Waals surface area contributed by atoms with Crippen LogP contribution >= 0.6 is 0 Å². The Bertz CT molecular complexity index is 1130. The summed E-state index contributed by atoms with van der Waals surface area (Å²) in [4.78, 5) is 31.5. The zero-order valence-corrected chi connectivity index (χ0v) is 15.9. The molecule has 2 heterocycles. The number of aliphatic imine (C=N–C) groups is 1. The van der Waals surface area contributed by atoms with Gasteiger partial charge >= 0.3 is 5.69 Å². The number of nitrogens with zero attached hydrogens (tertiary/aromatic N) is 2. The van der Waals surface area contributed by atoms with E-state index in [0.29, 0.717) is 13.0 Å². The largest absolute Gasteiger partial charge is 0.494 e. The summed E-state index contributed by atoms with van der Waals surface area (Å²) in [5.74, 6) is -0.296. The normalized spacial score (nSPS) is 17.4. The van der Waals surface area contributed by atoms with E-state index in [4.69, 9.17) is 0 Å². The molecule has 1 aromatic carbocycles. The molecule has 1 aliphatic carbocycles. The first-order chi connectivity index (χ1) is 13.5. The third kappa shape index (κ3) is 3.38. The monoisotopic (exact) mass is 377 g/mol. The Kier molecular flexibility index (Phi) is 4.86. The van der Waals surface area contributed by atoms with Crippen molar-refractivity contribution in [2.75, 3.05) is 0 Å². The Labute approximate surface area is 162 Å². The van der Waals surface area contributed by atoms with Gasteiger partial charge in [0.1, 0.15) is 5.56 Å². The average Bonchev–Trinajstić information content (AvgIpc) is 3.00. The summed E-state index contributed by atoms with van der Waals surface area (Å²) in [6.45, 7) is 2.20. The zero-order chi connectivity index (χ0) is 19.7. The molecule has 2 aromatic rings. The van der Waals surface area contributed by atoms with Gasteiger partial charge in [0.25, 0.3) is 5.56 Å². The number of aromatic nitrogens is 2. The van der Waals surface area contributed by atoms with Gasteiger partial charge in [-0.05, 0) is 51.2 Å². The number of aromatic hydroxyl groups is 1. The minimum Gasteiger partial charge on any atom is -0.494 e. The van der Waals surface area contributed by atoms with Crippen LogP contribution in [0.5, 0.6) is 5.88 Å². The highest BCUT2D eigenvalue weighted by Crippen LogP contribution is 2.36. The van der Waals surface area contributed by atoms with E-state index >= 15 is 0 Å². The number of hydrogen-bond donors (Lipinski definition) is 2. The quantitative estimate of drug-likeness (QED) is 0.795. The van der Waals surface area contributed by atoms with Gasteiger partial charge in [0.15, 0.2) is 0 Å². The Morgan fingerprint density at radius 1 is 1.25 bits per heavy atom. The Balaban J connectivity index is 1.72. The first-order valence-electron chi connectivity index (χ1n) is 9.65. The van der Waals surface area contributed by atoms with Crippen LogP contribution in [0.1, 0.15) is 50.2 Å². The van der Waals surface area contributed by atoms with Crippen molar-refractivity contribution in [3.8, 4) is 5.88 Å². The topological polar surface area (TPSA) is 87.4 Å². The molecule has 6 nitrogen and oxygen atoms in total. The second-order valence-electron chi connectivity index (χ2n) is 7.28. The van der Waals surface area contributed by atoms with Crippen LogP contribution in [0.3, 0.4) is 0 Å². The highest BCUT2D eigenvalue weighted by Gasteiger charge is 2.20. The molecule has 0 amide bonds. The van der Waals surface area contributed by atoms with Crippen LogP contribution in [-0.2, 0) is 6.54 Å². The molecule has 4 rings (SSSR count). The molecule has 0 bridgehead atoms. The molecule has 0 atom stereocenters. The molecule has 0 unspecified atom stereocenters. The molecule has 2 aliphatic rings. The number of rotatable bonds is 4. The fourth-order valence-corrected chi connectivity index (χ4v) is 3.86. The van der Waals surface area contributed by atoms with Gasteiger partial charge in [0.2, 0.25) is 5.88 Å². The van der Waals surface area contributed by atoms with Crippen LogP contribution in [0.2, 0.25) is 0 Å². The van der Waals surface area contributed by atoms with E-state index in [9.17, 15) is 14.7 Å². The van der Waals surface area contributed by atoms with E-state index in [1.807, 2.05) is 31.2 Å². The molecule has 6 heteroatoms. The highest BCUT2D eigenvalue weighted by molar-refractivity contribution is 6.31. The first kappa shape index (κ1) is 18.2. The van der Waals surface area contributed by atoms with E-state index in [2.05, 4.69) is 16.1 Å². The molecule has 0 fully saturated rings. The lowest BCUT2D eigenvalue weighted by atomic mass is 9.97. The average molecular weight is 377 g/mol. The molecule has 2 N–H and O–H groups in total. The lowest BCUT2D eigenvalue weighted by Gasteiger charge is -2.14. The number of aromatic amines is 1. The third-order valence-corrected chi connectivity index (χ3v) is 5.41. The molecular formula is C22H23N3O3. The van der Waals surface area contributed by atoms with Gasteiger partial charge < -0.3 is 5.11 Å². The summed E-state index contributed by atoms with van der Waals surface area (Å²) in [6, 6.07) is 7.65. The van der Waals surface area contributed by atoms with Crippen molar-refractivity contribution in [3.63, 3.8) is 0 Å². The lowest BCUT2D eigenvalue weighted by Crippen LogP contribution is -2.31. The predicted octanol–water partition coefficient (Wildman–Crippen LogP) is 3.78. The van der Waals surface area contributed by atoms with Crippen LogP contribution in [0.15, 0.2) is 50.5 Å². The number of hydrogen-bond acceptors (Lipinski definition) is 4. The fraction of sp³-hybridized carbons (Fsp3) is 0.318. The maximum absolute atomic E-state index is 12.4. The maximum atomic E-state index is 12.4. The second-order valence-corrected chi connectivity index (χ2v) is 7.28. The Morgan fingerprint density at radius 3 is 2.86 bits per heavy atom. The van der Waals surface area contributed by atoms with Crippen LogP contribution < -0.4 is 11.2 Å². The van der Waals surface area contributed by atoms with Gasteiger partial charge in [-0.3, -0.25) is 19.3 Å². The number of allylic oxidation sites excluding steroid dienone is 3. The van der Waals surface area contributed by atoms with E-state index in [1.165, 1.54) is 16.6 Å². The first-order valence-corrected chi connectivity index (χ1v) is 9.65. The maximum Gasteiger partial charge on any atom is 0.331 e. The summed E-state index contributed by atoms with van der Waals surface area (Å²) in [5.41, 5.74) is 3.48. The minimum atomic E-state index is -0.597. The van der Waals surface area contributed by atoms with Gasteiger partial charge in [-0.2, -0.15) is 0 Å². The predicted molar refractivity (Wildman–Crippen MR) is 111 cm³/mol. The standard InChI is InChI=1S/C22H23N3O3/c1-14-17(16-9-5-6-10-19(16)23-14)13-18-20(26)24-22(28)25(21(18)27)12-11-15-7-3-2-4-8-15/h5-7,9-10,13,27H,2-4,8,11-12H2,1H3,(H,24,26,28)/b17-13-. The van der Waals surface area contributed by atoms with Crippen molar-refractivity contribution in [2.45, 2.75) is 45.6 Å². The van der Waals surface area contributed by atoms with E-state index in [-0.39, 0.29) is 11.4 Å². The molecule has 0 saturated carbocycles. The Hall–Kier alpha value is -3.15. The van der Waals surface area contributed by atoms with Gasteiger partial charge in [0.05, 0.1) is 5.69 Å². The second kappa shape index (κ2) is 7.46.